The SMILES string of the molecule is CCOc1cc(C(=O)NCc2ccnc(N(C)C)c2)c([N+](=O)[O-])cc1OC. The molecule has 9 heteroatoms. The van der Waals surface area contributed by atoms with Crippen molar-refractivity contribution in [1.29, 1.82) is 0 Å². The van der Waals surface area contributed by atoms with Gasteiger partial charge in [0.2, 0.25) is 0 Å². The first-order valence-corrected chi connectivity index (χ1v) is 8.27. The lowest BCUT2D eigenvalue weighted by atomic mass is 10.1. The number of amides is 1. The minimum Gasteiger partial charge on any atom is -0.493 e. The molecule has 1 heterocycles. The number of nitrogens with one attached hydrogen (secondary N) is 1. The van der Waals surface area contributed by atoms with Gasteiger partial charge in [0, 0.05) is 32.9 Å². The Labute approximate surface area is 157 Å². The predicted octanol–water partition coefficient (Wildman–Crippen LogP) is 2.39. The first kappa shape index (κ1) is 20.0. The Balaban J connectivity index is 2.27. The first-order valence-electron chi connectivity index (χ1n) is 8.27. The van der Waals surface area contributed by atoms with Crippen LogP contribution in [0.5, 0.6) is 11.5 Å². The van der Waals surface area contributed by atoms with Crippen LogP contribution in [0.4, 0.5) is 11.5 Å². The molecule has 0 fully saturated rings. The number of ether oxygens (including phenoxy) is 2. The summed E-state index contributed by atoms with van der Waals surface area (Å²) >= 11 is 0. The molecule has 0 aliphatic heterocycles. The standard InChI is InChI=1S/C18H22N4O5/c1-5-27-16-9-13(14(22(24)25)10-15(16)26-4)18(23)20-11-12-6-7-19-17(8-12)21(2)3/h6-10H,5,11H2,1-4H3,(H,20,23). The van der Waals surface area contributed by atoms with Gasteiger partial charge in [0.05, 0.1) is 24.7 Å². The minimum atomic E-state index is -0.621. The van der Waals surface area contributed by atoms with Crippen molar-refractivity contribution < 1.29 is 19.2 Å². The van der Waals surface area contributed by atoms with E-state index in [0.717, 1.165) is 11.4 Å². The molecular formula is C18H22N4O5. The van der Waals surface area contributed by atoms with E-state index in [1.807, 2.05) is 25.1 Å². The lowest BCUT2D eigenvalue weighted by Gasteiger charge is -2.13. The van der Waals surface area contributed by atoms with Crippen LogP contribution in [0.15, 0.2) is 30.5 Å². The minimum absolute atomic E-state index is 0.0915. The fourth-order valence-corrected chi connectivity index (χ4v) is 2.40. The molecule has 0 radical (unpaired) electrons. The van der Waals surface area contributed by atoms with Crippen molar-refractivity contribution in [2.24, 2.45) is 0 Å². The normalized spacial score (nSPS) is 10.2. The molecule has 0 aliphatic carbocycles. The number of nitro groups is 1. The van der Waals surface area contributed by atoms with Crippen molar-refractivity contribution in [3.63, 3.8) is 0 Å². The third kappa shape index (κ3) is 4.84. The van der Waals surface area contributed by atoms with Crippen LogP contribution in [-0.2, 0) is 6.54 Å². The molecule has 2 rings (SSSR count). The molecule has 0 atom stereocenters. The summed E-state index contributed by atoms with van der Waals surface area (Å²) in [6.45, 7) is 2.31. The highest BCUT2D eigenvalue weighted by Crippen LogP contribution is 2.34. The number of benzene rings is 1. The van der Waals surface area contributed by atoms with E-state index in [1.165, 1.54) is 19.2 Å². The summed E-state index contributed by atoms with van der Waals surface area (Å²) < 4.78 is 10.5. The Bertz CT molecular complexity index is 838. The third-order valence-corrected chi connectivity index (χ3v) is 3.74. The highest BCUT2D eigenvalue weighted by molar-refractivity contribution is 5.99. The van der Waals surface area contributed by atoms with Gasteiger partial charge in [-0.1, -0.05) is 0 Å². The number of rotatable bonds is 8. The second-order valence-corrected chi connectivity index (χ2v) is 5.81. The van der Waals surface area contributed by atoms with Crippen LogP contribution in [0.1, 0.15) is 22.8 Å². The highest BCUT2D eigenvalue weighted by atomic mass is 16.6. The number of hydrogen-bond donors (Lipinski definition) is 1. The van der Waals surface area contributed by atoms with E-state index < -0.39 is 10.8 Å². The average molecular weight is 374 g/mol. The van der Waals surface area contributed by atoms with Crippen LogP contribution in [0.25, 0.3) is 0 Å². The van der Waals surface area contributed by atoms with Crippen LogP contribution in [0.2, 0.25) is 0 Å². The maximum Gasteiger partial charge on any atom is 0.286 e. The Hall–Kier alpha value is -3.36. The van der Waals surface area contributed by atoms with E-state index in [0.29, 0.717) is 6.61 Å². The van der Waals surface area contributed by atoms with E-state index in [4.69, 9.17) is 9.47 Å². The van der Waals surface area contributed by atoms with Crippen molar-refractivity contribution in [2.75, 3.05) is 32.7 Å². The van der Waals surface area contributed by atoms with Gasteiger partial charge in [-0.15, -0.1) is 0 Å². The number of nitro benzene ring substituents is 1. The van der Waals surface area contributed by atoms with Crippen LogP contribution in [0, 0.1) is 10.1 Å². The summed E-state index contributed by atoms with van der Waals surface area (Å²) in [5.74, 6) is 0.642. The van der Waals surface area contributed by atoms with Crippen molar-refractivity contribution in [3.05, 3.63) is 51.7 Å². The molecule has 1 amide bonds. The van der Waals surface area contributed by atoms with Crippen LogP contribution >= 0.6 is 0 Å². The maximum atomic E-state index is 12.6. The predicted molar refractivity (Wildman–Crippen MR) is 101 cm³/mol. The van der Waals surface area contributed by atoms with Gasteiger partial charge in [0.15, 0.2) is 11.5 Å². The quantitative estimate of drug-likeness (QED) is 0.558. The van der Waals surface area contributed by atoms with Gasteiger partial charge in [0.1, 0.15) is 11.4 Å². The second kappa shape index (κ2) is 8.84. The van der Waals surface area contributed by atoms with E-state index >= 15 is 0 Å². The molecule has 1 aromatic heterocycles. The van der Waals surface area contributed by atoms with Gasteiger partial charge in [-0.25, -0.2) is 4.98 Å². The van der Waals surface area contributed by atoms with Crippen molar-refractivity contribution in [2.45, 2.75) is 13.5 Å². The molecule has 1 aromatic carbocycles. The van der Waals surface area contributed by atoms with Gasteiger partial charge in [-0.3, -0.25) is 14.9 Å². The molecule has 0 unspecified atom stereocenters. The Morgan fingerprint density at radius 1 is 1.30 bits per heavy atom. The molecule has 0 saturated carbocycles. The lowest BCUT2D eigenvalue weighted by Crippen LogP contribution is -2.24. The summed E-state index contributed by atoms with van der Waals surface area (Å²) in [6, 6.07) is 6.11. The van der Waals surface area contributed by atoms with Crippen molar-refractivity contribution in [3.8, 4) is 11.5 Å². The molecule has 1 N–H and O–H groups in total. The topological polar surface area (TPSA) is 107 Å². The fourth-order valence-electron chi connectivity index (χ4n) is 2.40. The molecule has 0 saturated heterocycles. The zero-order valence-electron chi connectivity index (χ0n) is 15.7. The number of pyridine rings is 1. The largest absolute Gasteiger partial charge is 0.493 e. The summed E-state index contributed by atoms with van der Waals surface area (Å²) in [5.41, 5.74) is 0.380. The number of methoxy groups -OCH3 is 1. The summed E-state index contributed by atoms with van der Waals surface area (Å²) in [6.07, 6.45) is 1.64. The van der Waals surface area contributed by atoms with Gasteiger partial charge in [-0.05, 0) is 24.6 Å². The monoisotopic (exact) mass is 374 g/mol. The molecule has 27 heavy (non-hydrogen) atoms. The van der Waals surface area contributed by atoms with E-state index in [1.54, 1.807) is 19.2 Å². The number of carbonyl (C=O) groups excluding carboxylic acids is 1. The Kier molecular flexibility index (Phi) is 6.53. The number of aromatic nitrogens is 1. The van der Waals surface area contributed by atoms with Crippen LogP contribution < -0.4 is 19.7 Å². The molecular weight excluding hydrogens is 352 g/mol. The zero-order valence-corrected chi connectivity index (χ0v) is 15.7. The third-order valence-electron chi connectivity index (χ3n) is 3.74. The van der Waals surface area contributed by atoms with Gasteiger partial charge < -0.3 is 19.7 Å². The zero-order chi connectivity index (χ0) is 20.0. The Morgan fingerprint density at radius 3 is 2.63 bits per heavy atom. The van der Waals surface area contributed by atoms with Gasteiger partial charge in [-0.2, -0.15) is 0 Å². The molecule has 0 spiro atoms. The number of nitrogens with zero attached hydrogens (tertiary/aromatic N) is 3. The average Bonchev–Trinajstić information content (AvgIpc) is 2.66. The molecule has 9 nitrogen and oxygen atoms in total. The molecule has 0 bridgehead atoms. The summed E-state index contributed by atoms with van der Waals surface area (Å²) in [7, 11) is 5.11. The summed E-state index contributed by atoms with van der Waals surface area (Å²) in [5, 5.41) is 14.1. The van der Waals surface area contributed by atoms with E-state index in [9.17, 15) is 14.9 Å². The molecule has 0 aliphatic rings. The van der Waals surface area contributed by atoms with E-state index in [-0.39, 0.29) is 29.3 Å². The van der Waals surface area contributed by atoms with Crippen LogP contribution in [0.3, 0.4) is 0 Å². The van der Waals surface area contributed by atoms with Crippen molar-refractivity contribution >= 4 is 17.4 Å². The van der Waals surface area contributed by atoms with Gasteiger partial charge >= 0.3 is 0 Å². The molecule has 144 valence electrons. The number of anilines is 1. The lowest BCUT2D eigenvalue weighted by molar-refractivity contribution is -0.385. The fraction of sp³-hybridized carbons (Fsp3) is 0.333. The van der Waals surface area contributed by atoms with E-state index in [2.05, 4.69) is 10.3 Å². The highest BCUT2D eigenvalue weighted by Gasteiger charge is 2.24. The molecule has 2 aromatic rings. The number of carbonyl (C=O) groups is 1. The first-order chi connectivity index (χ1) is 12.9. The van der Waals surface area contributed by atoms with Crippen LogP contribution in [-0.4, -0.2) is 43.6 Å². The summed E-state index contributed by atoms with van der Waals surface area (Å²) in [4.78, 5) is 29.4. The Morgan fingerprint density at radius 2 is 2.04 bits per heavy atom. The van der Waals surface area contributed by atoms with Gasteiger partial charge in [0.25, 0.3) is 11.6 Å². The maximum absolute atomic E-state index is 12.6. The number of hydrogen-bond acceptors (Lipinski definition) is 7. The van der Waals surface area contributed by atoms with Crippen molar-refractivity contribution in [1.82, 2.24) is 10.3 Å². The second-order valence-electron chi connectivity index (χ2n) is 5.81. The smallest absolute Gasteiger partial charge is 0.286 e.